The summed E-state index contributed by atoms with van der Waals surface area (Å²) in [5.41, 5.74) is 3.48. The van der Waals surface area contributed by atoms with Gasteiger partial charge in [-0.25, -0.2) is 4.68 Å². The number of aryl methyl sites for hydroxylation is 2. The molecule has 0 unspecified atom stereocenters. The maximum atomic E-state index is 12.2. The molecule has 6 nitrogen and oxygen atoms in total. The third kappa shape index (κ3) is 5.68. The van der Waals surface area contributed by atoms with Crippen LogP contribution in [0.2, 0.25) is 5.15 Å². The summed E-state index contributed by atoms with van der Waals surface area (Å²) in [6, 6.07) is 10.0. The summed E-state index contributed by atoms with van der Waals surface area (Å²) in [7, 11) is 1.60. The third-order valence-electron chi connectivity index (χ3n) is 4.03. The van der Waals surface area contributed by atoms with E-state index < -0.39 is 5.91 Å². The molecule has 0 atom stereocenters. The zero-order chi connectivity index (χ0) is 19.8. The molecule has 1 aromatic carbocycles. The molecule has 1 heterocycles. The van der Waals surface area contributed by atoms with Crippen LogP contribution in [-0.2, 0) is 16.1 Å². The number of amides is 1. The van der Waals surface area contributed by atoms with Gasteiger partial charge in [0, 0.05) is 25.8 Å². The minimum absolute atomic E-state index is 0.00713. The van der Waals surface area contributed by atoms with E-state index >= 15 is 0 Å². The zero-order valence-corrected chi connectivity index (χ0v) is 16.5. The van der Waals surface area contributed by atoms with Crippen molar-refractivity contribution in [3.63, 3.8) is 0 Å². The lowest BCUT2D eigenvalue weighted by atomic mass is 10.1. The molecular formula is C20H23ClN4O2. The smallest absolute Gasteiger partial charge is 0.261 e. The van der Waals surface area contributed by atoms with Gasteiger partial charge in [-0.3, -0.25) is 4.79 Å². The number of methoxy groups -OCH3 is 1. The molecule has 1 amide bonds. The molecule has 0 saturated heterocycles. The Morgan fingerprint density at radius 3 is 2.70 bits per heavy atom. The number of nitrogens with one attached hydrogen (secondary N) is 1. The standard InChI is InChI=1S/C20H23ClN4O2/c1-14-5-7-16(8-6-14)13-25-19(21)18(15(2)24-25)11-17(12-22)20(26)23-9-4-10-27-3/h5-8,11H,4,9-10,13H2,1-3H3,(H,23,26)/b17-11+. The van der Waals surface area contributed by atoms with E-state index in [1.54, 1.807) is 18.7 Å². The fourth-order valence-electron chi connectivity index (χ4n) is 2.51. The Morgan fingerprint density at radius 2 is 2.07 bits per heavy atom. The van der Waals surface area contributed by atoms with Crippen LogP contribution in [0, 0.1) is 25.2 Å². The van der Waals surface area contributed by atoms with Crippen LogP contribution in [0.4, 0.5) is 0 Å². The Morgan fingerprint density at radius 1 is 1.37 bits per heavy atom. The first-order valence-corrected chi connectivity index (χ1v) is 9.01. The van der Waals surface area contributed by atoms with Gasteiger partial charge >= 0.3 is 0 Å². The van der Waals surface area contributed by atoms with E-state index in [0.717, 1.165) is 5.56 Å². The van der Waals surface area contributed by atoms with Crippen molar-refractivity contribution in [1.82, 2.24) is 15.1 Å². The van der Waals surface area contributed by atoms with Gasteiger partial charge in [0.1, 0.15) is 16.8 Å². The molecule has 2 rings (SSSR count). The summed E-state index contributed by atoms with van der Waals surface area (Å²) in [5, 5.41) is 16.9. The van der Waals surface area contributed by atoms with Gasteiger partial charge in [-0.1, -0.05) is 41.4 Å². The highest BCUT2D eigenvalue weighted by Gasteiger charge is 2.15. The topological polar surface area (TPSA) is 79.9 Å². The monoisotopic (exact) mass is 386 g/mol. The molecule has 7 heteroatoms. The summed E-state index contributed by atoms with van der Waals surface area (Å²) in [5.74, 6) is -0.435. The maximum Gasteiger partial charge on any atom is 0.261 e. The SMILES string of the molecule is COCCCNC(=O)/C(C#N)=C/c1c(C)nn(Cc2ccc(C)cc2)c1Cl. The van der Waals surface area contributed by atoms with Gasteiger partial charge < -0.3 is 10.1 Å². The number of nitrogens with zero attached hydrogens (tertiary/aromatic N) is 3. The second kappa shape index (κ2) is 9.91. The minimum Gasteiger partial charge on any atom is -0.385 e. The first-order valence-electron chi connectivity index (χ1n) is 8.63. The number of carbonyl (C=O) groups excluding carboxylic acids is 1. The normalized spacial score (nSPS) is 11.3. The largest absolute Gasteiger partial charge is 0.385 e. The molecule has 0 aliphatic heterocycles. The average molecular weight is 387 g/mol. The van der Waals surface area contributed by atoms with E-state index in [0.29, 0.717) is 42.5 Å². The number of carbonyl (C=O) groups is 1. The predicted octanol–water partition coefficient (Wildman–Crippen LogP) is 3.26. The second-order valence-corrected chi connectivity index (χ2v) is 6.56. The Kier molecular flexibility index (Phi) is 7.59. The third-order valence-corrected chi connectivity index (χ3v) is 4.43. The Balaban J connectivity index is 2.18. The molecule has 0 fully saturated rings. The Bertz CT molecular complexity index is 863. The molecule has 0 radical (unpaired) electrons. The van der Waals surface area contributed by atoms with Crippen molar-refractivity contribution in [1.29, 1.82) is 5.26 Å². The van der Waals surface area contributed by atoms with E-state index in [4.69, 9.17) is 16.3 Å². The van der Waals surface area contributed by atoms with Crippen molar-refractivity contribution >= 4 is 23.6 Å². The molecule has 0 aliphatic carbocycles. The van der Waals surface area contributed by atoms with Crippen LogP contribution in [0.25, 0.3) is 6.08 Å². The van der Waals surface area contributed by atoms with Crippen molar-refractivity contribution in [2.75, 3.05) is 20.3 Å². The lowest BCUT2D eigenvalue weighted by molar-refractivity contribution is -0.117. The van der Waals surface area contributed by atoms with E-state index in [9.17, 15) is 10.1 Å². The number of ether oxygens (including phenoxy) is 1. The van der Waals surface area contributed by atoms with Gasteiger partial charge in [0.15, 0.2) is 0 Å². The summed E-state index contributed by atoms with van der Waals surface area (Å²) in [6.45, 7) is 5.32. The van der Waals surface area contributed by atoms with E-state index in [1.165, 1.54) is 11.6 Å². The molecule has 0 bridgehead atoms. The molecule has 0 saturated carbocycles. The van der Waals surface area contributed by atoms with Gasteiger partial charge in [0.2, 0.25) is 0 Å². The van der Waals surface area contributed by atoms with Crippen LogP contribution in [-0.4, -0.2) is 35.9 Å². The number of halogens is 1. The highest BCUT2D eigenvalue weighted by Crippen LogP contribution is 2.23. The quantitative estimate of drug-likeness (QED) is 0.429. The number of rotatable bonds is 8. The second-order valence-electron chi connectivity index (χ2n) is 6.21. The van der Waals surface area contributed by atoms with Crippen LogP contribution >= 0.6 is 11.6 Å². The van der Waals surface area contributed by atoms with Crippen LogP contribution in [0.1, 0.15) is 28.8 Å². The molecule has 142 valence electrons. The molecule has 2 aromatic rings. The van der Waals surface area contributed by atoms with Gasteiger partial charge in [0.25, 0.3) is 5.91 Å². The van der Waals surface area contributed by atoms with Crippen LogP contribution < -0.4 is 5.32 Å². The number of benzene rings is 1. The first kappa shape index (κ1) is 20.7. The van der Waals surface area contributed by atoms with Crippen LogP contribution in [0.3, 0.4) is 0 Å². The number of aromatic nitrogens is 2. The van der Waals surface area contributed by atoms with Crippen molar-refractivity contribution < 1.29 is 9.53 Å². The van der Waals surface area contributed by atoms with E-state index in [-0.39, 0.29) is 5.57 Å². The van der Waals surface area contributed by atoms with Crippen molar-refractivity contribution in [3.8, 4) is 6.07 Å². The minimum atomic E-state index is -0.435. The lowest BCUT2D eigenvalue weighted by Crippen LogP contribution is -2.26. The summed E-state index contributed by atoms with van der Waals surface area (Å²) in [6.07, 6.45) is 2.16. The van der Waals surface area contributed by atoms with Gasteiger partial charge in [-0.05, 0) is 31.9 Å². The molecule has 0 aliphatic rings. The highest BCUT2D eigenvalue weighted by atomic mass is 35.5. The number of hydrogen-bond donors (Lipinski definition) is 1. The molecule has 0 spiro atoms. The van der Waals surface area contributed by atoms with Gasteiger partial charge in [0.05, 0.1) is 12.2 Å². The first-order chi connectivity index (χ1) is 13.0. The maximum absolute atomic E-state index is 12.2. The van der Waals surface area contributed by atoms with Gasteiger partial charge in [-0.15, -0.1) is 0 Å². The fourth-order valence-corrected chi connectivity index (χ4v) is 2.80. The van der Waals surface area contributed by atoms with Gasteiger partial charge in [-0.2, -0.15) is 10.4 Å². The molecule has 1 N–H and O–H groups in total. The van der Waals surface area contributed by atoms with E-state index in [2.05, 4.69) is 10.4 Å². The highest BCUT2D eigenvalue weighted by molar-refractivity contribution is 6.31. The van der Waals surface area contributed by atoms with Crippen molar-refractivity contribution in [2.45, 2.75) is 26.8 Å². The Hall–Kier alpha value is -2.62. The molecular weight excluding hydrogens is 364 g/mol. The number of hydrogen-bond acceptors (Lipinski definition) is 4. The zero-order valence-electron chi connectivity index (χ0n) is 15.8. The summed E-state index contributed by atoms with van der Waals surface area (Å²) < 4.78 is 6.60. The predicted molar refractivity (Wildman–Crippen MR) is 105 cm³/mol. The summed E-state index contributed by atoms with van der Waals surface area (Å²) >= 11 is 6.46. The molecule has 1 aromatic heterocycles. The average Bonchev–Trinajstić information content (AvgIpc) is 2.91. The Labute approximate surface area is 164 Å². The number of nitriles is 1. The fraction of sp³-hybridized carbons (Fsp3) is 0.350. The lowest BCUT2D eigenvalue weighted by Gasteiger charge is -2.05. The van der Waals surface area contributed by atoms with Crippen molar-refractivity contribution in [3.05, 3.63) is 57.4 Å². The van der Waals surface area contributed by atoms with Crippen LogP contribution in [0.5, 0.6) is 0 Å². The molecule has 27 heavy (non-hydrogen) atoms. The van der Waals surface area contributed by atoms with Crippen molar-refractivity contribution in [2.24, 2.45) is 0 Å². The van der Waals surface area contributed by atoms with E-state index in [1.807, 2.05) is 37.3 Å². The summed E-state index contributed by atoms with van der Waals surface area (Å²) in [4.78, 5) is 12.2. The van der Waals surface area contributed by atoms with Crippen LogP contribution in [0.15, 0.2) is 29.8 Å².